The van der Waals surface area contributed by atoms with Crippen LogP contribution >= 0.6 is 0 Å². The maximum absolute atomic E-state index is 12.6. The van der Waals surface area contributed by atoms with Crippen molar-refractivity contribution in [3.63, 3.8) is 0 Å². The highest BCUT2D eigenvalue weighted by atomic mass is 16.6. The van der Waals surface area contributed by atoms with Crippen LogP contribution in [-0.2, 0) is 7.05 Å². The summed E-state index contributed by atoms with van der Waals surface area (Å²) < 4.78 is 12.9. The number of nitrogens with one attached hydrogen (secondary N) is 1. The fourth-order valence-corrected chi connectivity index (χ4v) is 2.60. The molecular weight excluding hydrogens is 282 g/mol. The first kappa shape index (κ1) is 14.4. The first-order chi connectivity index (χ1) is 10.7. The molecule has 0 saturated carbocycles. The number of nitrogens with zero attached hydrogens (tertiary/aromatic N) is 2. The van der Waals surface area contributed by atoms with Gasteiger partial charge in [-0.05, 0) is 24.6 Å². The fraction of sp³-hybridized carbons (Fsp3) is 0.375. The van der Waals surface area contributed by atoms with Gasteiger partial charge in [0.2, 0.25) is 0 Å². The zero-order valence-corrected chi connectivity index (χ0v) is 12.7. The molecule has 0 fully saturated rings. The third kappa shape index (κ3) is 2.64. The third-order valence-electron chi connectivity index (χ3n) is 3.74. The number of para-hydroxylation sites is 1. The number of amides is 1. The summed E-state index contributed by atoms with van der Waals surface area (Å²) in [5, 5.41) is 7.20. The molecule has 3 rings (SSSR count). The van der Waals surface area contributed by atoms with E-state index >= 15 is 0 Å². The van der Waals surface area contributed by atoms with Crippen molar-refractivity contribution in [3.8, 4) is 11.5 Å². The van der Waals surface area contributed by atoms with Crippen molar-refractivity contribution in [2.75, 3.05) is 13.2 Å². The Hall–Kier alpha value is -2.50. The summed E-state index contributed by atoms with van der Waals surface area (Å²) in [6.45, 7) is 2.99. The van der Waals surface area contributed by atoms with Crippen LogP contribution in [0.25, 0.3) is 0 Å². The van der Waals surface area contributed by atoms with Crippen molar-refractivity contribution in [2.45, 2.75) is 19.4 Å². The van der Waals surface area contributed by atoms with Gasteiger partial charge < -0.3 is 14.8 Å². The molecule has 1 aliphatic heterocycles. The molecule has 0 radical (unpaired) electrons. The van der Waals surface area contributed by atoms with Crippen molar-refractivity contribution in [1.29, 1.82) is 0 Å². The van der Waals surface area contributed by atoms with Gasteiger partial charge in [-0.3, -0.25) is 9.48 Å². The van der Waals surface area contributed by atoms with Crippen LogP contribution in [0.15, 0.2) is 30.5 Å². The Labute approximate surface area is 129 Å². The standard InChI is InChI=1S/C16H19N3O3/c1-3-12(13-7-8-17-19(13)2)18-16(20)11-5-4-6-14-15(11)22-10-9-21-14/h4-8,12H,3,9-10H2,1-2H3,(H,18,20)/t12-/m1/s1. The molecule has 1 aliphatic rings. The second-order valence-electron chi connectivity index (χ2n) is 5.14. The Morgan fingerprint density at radius 2 is 2.18 bits per heavy atom. The van der Waals surface area contributed by atoms with E-state index < -0.39 is 0 Å². The van der Waals surface area contributed by atoms with Crippen LogP contribution < -0.4 is 14.8 Å². The van der Waals surface area contributed by atoms with E-state index in [4.69, 9.17) is 9.47 Å². The molecule has 2 aromatic rings. The SMILES string of the molecule is CC[C@@H](NC(=O)c1cccc2c1OCCO2)c1ccnn1C. The number of fused-ring (bicyclic) bond motifs is 1. The highest BCUT2D eigenvalue weighted by Crippen LogP contribution is 2.33. The van der Waals surface area contributed by atoms with Gasteiger partial charge >= 0.3 is 0 Å². The summed E-state index contributed by atoms with van der Waals surface area (Å²) in [6.07, 6.45) is 2.50. The van der Waals surface area contributed by atoms with Crippen molar-refractivity contribution >= 4 is 5.91 Å². The molecule has 0 bridgehead atoms. The molecule has 2 heterocycles. The lowest BCUT2D eigenvalue weighted by Crippen LogP contribution is -2.30. The van der Waals surface area contributed by atoms with Crippen molar-refractivity contribution in [2.24, 2.45) is 7.05 Å². The number of ether oxygens (including phenoxy) is 2. The molecule has 116 valence electrons. The predicted octanol–water partition coefficient (Wildman–Crippen LogP) is 2.07. The minimum atomic E-state index is -0.171. The van der Waals surface area contributed by atoms with Crippen LogP contribution in [0.5, 0.6) is 11.5 Å². The van der Waals surface area contributed by atoms with Crippen LogP contribution in [0.2, 0.25) is 0 Å². The molecule has 1 amide bonds. The average Bonchev–Trinajstić information content (AvgIpc) is 2.97. The van der Waals surface area contributed by atoms with Gasteiger partial charge in [0.1, 0.15) is 13.2 Å². The summed E-state index contributed by atoms with van der Waals surface area (Å²) in [5.41, 5.74) is 1.47. The summed E-state index contributed by atoms with van der Waals surface area (Å²) in [5.74, 6) is 0.967. The average molecular weight is 301 g/mol. The second kappa shape index (κ2) is 6.09. The van der Waals surface area contributed by atoms with Crippen LogP contribution in [0.1, 0.15) is 35.4 Å². The van der Waals surface area contributed by atoms with E-state index in [-0.39, 0.29) is 11.9 Å². The lowest BCUT2D eigenvalue weighted by Gasteiger charge is -2.22. The van der Waals surface area contributed by atoms with Gasteiger partial charge in [-0.15, -0.1) is 0 Å². The molecule has 1 aromatic carbocycles. The smallest absolute Gasteiger partial charge is 0.255 e. The highest BCUT2D eigenvalue weighted by Gasteiger charge is 2.23. The van der Waals surface area contributed by atoms with E-state index in [1.54, 1.807) is 23.0 Å². The Morgan fingerprint density at radius 3 is 2.91 bits per heavy atom. The molecule has 0 aliphatic carbocycles. The van der Waals surface area contributed by atoms with Crippen molar-refractivity contribution < 1.29 is 14.3 Å². The minimum absolute atomic E-state index is 0.0969. The van der Waals surface area contributed by atoms with E-state index in [1.807, 2.05) is 26.1 Å². The van der Waals surface area contributed by atoms with Gasteiger partial charge in [0.15, 0.2) is 11.5 Å². The van der Waals surface area contributed by atoms with Crippen LogP contribution in [0, 0.1) is 0 Å². The number of hydrogen-bond donors (Lipinski definition) is 1. The van der Waals surface area contributed by atoms with Gasteiger partial charge in [-0.25, -0.2) is 0 Å². The van der Waals surface area contributed by atoms with E-state index in [2.05, 4.69) is 10.4 Å². The van der Waals surface area contributed by atoms with Gasteiger partial charge in [0.25, 0.3) is 5.91 Å². The molecule has 22 heavy (non-hydrogen) atoms. The van der Waals surface area contributed by atoms with Crippen molar-refractivity contribution in [3.05, 3.63) is 41.7 Å². The molecule has 1 N–H and O–H groups in total. The summed E-state index contributed by atoms with van der Waals surface area (Å²) >= 11 is 0. The molecule has 6 heteroatoms. The molecule has 1 atom stereocenters. The summed E-state index contributed by atoms with van der Waals surface area (Å²) in [6, 6.07) is 7.17. The van der Waals surface area contributed by atoms with E-state index in [9.17, 15) is 4.79 Å². The fourth-order valence-electron chi connectivity index (χ4n) is 2.60. The largest absolute Gasteiger partial charge is 0.486 e. The molecule has 1 aromatic heterocycles. The van der Waals surface area contributed by atoms with E-state index in [1.165, 1.54) is 0 Å². The van der Waals surface area contributed by atoms with E-state index in [0.717, 1.165) is 12.1 Å². The third-order valence-corrected chi connectivity index (χ3v) is 3.74. The number of carbonyl (C=O) groups is 1. The molecule has 6 nitrogen and oxygen atoms in total. The van der Waals surface area contributed by atoms with Crippen molar-refractivity contribution in [1.82, 2.24) is 15.1 Å². The van der Waals surface area contributed by atoms with Crippen LogP contribution in [-0.4, -0.2) is 28.9 Å². The topological polar surface area (TPSA) is 65.4 Å². The molecule has 0 spiro atoms. The highest BCUT2D eigenvalue weighted by molar-refractivity contribution is 5.98. The minimum Gasteiger partial charge on any atom is -0.486 e. The van der Waals surface area contributed by atoms with Crippen LogP contribution in [0.4, 0.5) is 0 Å². The maximum atomic E-state index is 12.6. The van der Waals surface area contributed by atoms with Gasteiger partial charge in [0.05, 0.1) is 17.3 Å². The molecular formula is C16H19N3O3. The summed E-state index contributed by atoms with van der Waals surface area (Å²) in [4.78, 5) is 12.6. The first-order valence-corrected chi connectivity index (χ1v) is 7.38. The maximum Gasteiger partial charge on any atom is 0.255 e. The molecule has 0 unspecified atom stereocenters. The number of aryl methyl sites for hydroxylation is 1. The van der Waals surface area contributed by atoms with Gasteiger partial charge in [-0.2, -0.15) is 5.10 Å². The quantitative estimate of drug-likeness (QED) is 0.939. The van der Waals surface area contributed by atoms with E-state index in [0.29, 0.717) is 30.3 Å². The van der Waals surface area contributed by atoms with Crippen LogP contribution in [0.3, 0.4) is 0 Å². The second-order valence-corrected chi connectivity index (χ2v) is 5.14. The number of hydrogen-bond acceptors (Lipinski definition) is 4. The Morgan fingerprint density at radius 1 is 1.36 bits per heavy atom. The first-order valence-electron chi connectivity index (χ1n) is 7.38. The number of rotatable bonds is 4. The predicted molar refractivity (Wildman–Crippen MR) is 81.1 cm³/mol. The lowest BCUT2D eigenvalue weighted by atomic mass is 10.1. The zero-order valence-electron chi connectivity index (χ0n) is 12.7. The normalized spacial score (nSPS) is 14.5. The number of carbonyl (C=O) groups excluding carboxylic acids is 1. The zero-order chi connectivity index (χ0) is 15.5. The number of benzene rings is 1. The van der Waals surface area contributed by atoms with Gasteiger partial charge in [0, 0.05) is 13.2 Å². The Bertz CT molecular complexity index is 681. The summed E-state index contributed by atoms with van der Waals surface area (Å²) in [7, 11) is 1.87. The lowest BCUT2D eigenvalue weighted by molar-refractivity contribution is 0.0923. The Kier molecular flexibility index (Phi) is 4.00. The number of aromatic nitrogens is 2. The Balaban J connectivity index is 1.84. The molecule has 0 saturated heterocycles. The van der Waals surface area contributed by atoms with Gasteiger partial charge in [-0.1, -0.05) is 13.0 Å². The monoisotopic (exact) mass is 301 g/mol.